The zero-order valence-corrected chi connectivity index (χ0v) is 14.8. The quantitative estimate of drug-likeness (QED) is 0.599. The lowest BCUT2D eigenvalue weighted by Gasteiger charge is -2.11. The Balaban J connectivity index is 1.75. The SMILES string of the molecule is COc1cccc(NC(=O)Cn2c(=O)n3nc(C)nc3c3ccccc32)c1. The Morgan fingerprint density at radius 1 is 1.19 bits per heavy atom. The minimum Gasteiger partial charge on any atom is -0.497 e. The van der Waals surface area contributed by atoms with Crippen molar-refractivity contribution in [3.05, 3.63) is 64.8 Å². The zero-order chi connectivity index (χ0) is 19.0. The molecule has 2 heterocycles. The van der Waals surface area contributed by atoms with Crippen molar-refractivity contribution in [2.24, 2.45) is 0 Å². The second-order valence-corrected chi connectivity index (χ2v) is 6.06. The fraction of sp³-hybridized carbons (Fsp3) is 0.158. The predicted octanol–water partition coefficient (Wildman–Crippen LogP) is 2.00. The number of methoxy groups -OCH3 is 1. The van der Waals surface area contributed by atoms with Crippen LogP contribution in [0.25, 0.3) is 16.6 Å². The van der Waals surface area contributed by atoms with Crippen molar-refractivity contribution in [1.29, 1.82) is 0 Å². The van der Waals surface area contributed by atoms with Crippen molar-refractivity contribution in [1.82, 2.24) is 19.2 Å². The van der Waals surface area contributed by atoms with Crippen LogP contribution in [0, 0.1) is 6.92 Å². The first kappa shape index (κ1) is 16.8. The molecule has 1 amide bonds. The number of aryl methyl sites for hydroxylation is 1. The van der Waals surface area contributed by atoms with Crippen LogP contribution in [0.15, 0.2) is 53.3 Å². The van der Waals surface area contributed by atoms with Crippen LogP contribution in [0.1, 0.15) is 5.82 Å². The number of rotatable bonds is 4. The molecule has 8 heteroatoms. The molecule has 4 aromatic rings. The van der Waals surface area contributed by atoms with Crippen molar-refractivity contribution in [3.8, 4) is 5.75 Å². The normalized spacial score (nSPS) is 11.0. The van der Waals surface area contributed by atoms with Gasteiger partial charge in [-0.1, -0.05) is 18.2 Å². The summed E-state index contributed by atoms with van der Waals surface area (Å²) in [5.41, 5.74) is 1.29. The van der Waals surface area contributed by atoms with Gasteiger partial charge in [-0.05, 0) is 31.2 Å². The second-order valence-electron chi connectivity index (χ2n) is 6.06. The van der Waals surface area contributed by atoms with Gasteiger partial charge in [0.05, 0.1) is 12.6 Å². The third-order valence-corrected chi connectivity index (χ3v) is 4.22. The van der Waals surface area contributed by atoms with E-state index in [4.69, 9.17) is 4.74 Å². The molecule has 0 saturated carbocycles. The van der Waals surface area contributed by atoms with Gasteiger partial charge in [0, 0.05) is 17.1 Å². The van der Waals surface area contributed by atoms with Crippen LogP contribution >= 0.6 is 0 Å². The largest absolute Gasteiger partial charge is 0.497 e. The molecule has 0 unspecified atom stereocenters. The van der Waals surface area contributed by atoms with E-state index in [-0.39, 0.29) is 12.5 Å². The number of anilines is 1. The number of carbonyl (C=O) groups is 1. The number of hydrogen-bond acceptors (Lipinski definition) is 5. The summed E-state index contributed by atoms with van der Waals surface area (Å²) in [6.07, 6.45) is 0. The number of hydrogen-bond donors (Lipinski definition) is 1. The van der Waals surface area contributed by atoms with Gasteiger partial charge < -0.3 is 10.1 Å². The topological polar surface area (TPSA) is 90.5 Å². The van der Waals surface area contributed by atoms with E-state index >= 15 is 0 Å². The molecule has 4 rings (SSSR count). The zero-order valence-electron chi connectivity index (χ0n) is 14.8. The molecule has 27 heavy (non-hydrogen) atoms. The molecule has 0 fully saturated rings. The van der Waals surface area contributed by atoms with Crippen LogP contribution in [0.2, 0.25) is 0 Å². The number of ether oxygens (including phenoxy) is 1. The van der Waals surface area contributed by atoms with Crippen LogP contribution in [-0.4, -0.2) is 32.2 Å². The third kappa shape index (κ3) is 3.01. The van der Waals surface area contributed by atoms with Crippen molar-refractivity contribution in [2.45, 2.75) is 13.5 Å². The van der Waals surface area contributed by atoms with Crippen LogP contribution < -0.4 is 15.7 Å². The highest BCUT2D eigenvalue weighted by Crippen LogP contribution is 2.18. The number of nitrogens with one attached hydrogen (secondary N) is 1. The summed E-state index contributed by atoms with van der Waals surface area (Å²) in [6, 6.07) is 14.4. The number of carbonyl (C=O) groups excluding carboxylic acids is 1. The molecule has 0 aliphatic carbocycles. The Kier molecular flexibility index (Phi) is 4.08. The van der Waals surface area contributed by atoms with Gasteiger partial charge >= 0.3 is 5.69 Å². The standard InChI is InChI=1S/C19H17N5O3/c1-12-20-18-15-8-3-4-9-16(15)23(19(26)24(18)22-12)11-17(25)21-13-6-5-7-14(10-13)27-2/h3-10H,11H2,1-2H3,(H,21,25). The highest BCUT2D eigenvalue weighted by Gasteiger charge is 2.15. The van der Waals surface area contributed by atoms with E-state index in [9.17, 15) is 9.59 Å². The molecule has 0 saturated heterocycles. The van der Waals surface area contributed by atoms with Gasteiger partial charge in [-0.2, -0.15) is 4.52 Å². The van der Waals surface area contributed by atoms with Crippen molar-refractivity contribution in [3.63, 3.8) is 0 Å². The molecular formula is C19H17N5O3. The van der Waals surface area contributed by atoms with E-state index in [1.807, 2.05) is 18.2 Å². The average Bonchev–Trinajstić information content (AvgIpc) is 3.07. The van der Waals surface area contributed by atoms with Crippen LogP contribution in [0.3, 0.4) is 0 Å². The predicted molar refractivity (Wildman–Crippen MR) is 101 cm³/mol. The summed E-state index contributed by atoms with van der Waals surface area (Å²) in [4.78, 5) is 29.8. The first-order chi connectivity index (χ1) is 13.1. The molecule has 0 aliphatic rings. The molecule has 0 bridgehead atoms. The van der Waals surface area contributed by atoms with Gasteiger partial charge in [0.15, 0.2) is 5.65 Å². The van der Waals surface area contributed by atoms with Crippen LogP contribution in [0.5, 0.6) is 5.75 Å². The maximum atomic E-state index is 12.9. The van der Waals surface area contributed by atoms with E-state index in [0.717, 1.165) is 5.39 Å². The number of benzene rings is 2. The summed E-state index contributed by atoms with van der Waals surface area (Å²) < 4.78 is 7.78. The molecule has 8 nitrogen and oxygen atoms in total. The number of para-hydroxylation sites is 1. The summed E-state index contributed by atoms with van der Waals surface area (Å²) in [7, 11) is 1.56. The lowest BCUT2D eigenvalue weighted by molar-refractivity contribution is -0.116. The smallest absolute Gasteiger partial charge is 0.351 e. The lowest BCUT2D eigenvalue weighted by atomic mass is 10.2. The Morgan fingerprint density at radius 3 is 2.81 bits per heavy atom. The van der Waals surface area contributed by atoms with Gasteiger partial charge in [-0.25, -0.2) is 9.78 Å². The minimum absolute atomic E-state index is 0.147. The van der Waals surface area contributed by atoms with Gasteiger partial charge in [0.2, 0.25) is 5.91 Å². The van der Waals surface area contributed by atoms with E-state index < -0.39 is 5.69 Å². The maximum Gasteiger partial charge on any atom is 0.351 e. The van der Waals surface area contributed by atoms with E-state index in [1.165, 1.54) is 9.08 Å². The first-order valence-corrected chi connectivity index (χ1v) is 8.35. The highest BCUT2D eigenvalue weighted by molar-refractivity contribution is 5.94. The van der Waals surface area contributed by atoms with Crippen LogP contribution in [0.4, 0.5) is 5.69 Å². The Hall–Kier alpha value is -3.68. The molecule has 2 aromatic carbocycles. The minimum atomic E-state index is -0.412. The maximum absolute atomic E-state index is 12.9. The molecule has 0 spiro atoms. The number of amides is 1. The number of aromatic nitrogens is 4. The highest BCUT2D eigenvalue weighted by atomic mass is 16.5. The van der Waals surface area contributed by atoms with E-state index in [0.29, 0.717) is 28.4 Å². The van der Waals surface area contributed by atoms with Gasteiger partial charge in [-0.3, -0.25) is 9.36 Å². The number of nitrogens with zero attached hydrogens (tertiary/aromatic N) is 4. The van der Waals surface area contributed by atoms with Crippen LogP contribution in [-0.2, 0) is 11.3 Å². The second kappa shape index (κ2) is 6.56. The lowest BCUT2D eigenvalue weighted by Crippen LogP contribution is -2.32. The van der Waals surface area contributed by atoms with Gasteiger partial charge in [-0.15, -0.1) is 5.10 Å². The summed E-state index contributed by atoms with van der Waals surface area (Å²) in [5.74, 6) is 0.803. The van der Waals surface area contributed by atoms with Gasteiger partial charge in [0.1, 0.15) is 18.1 Å². The molecular weight excluding hydrogens is 346 g/mol. The fourth-order valence-electron chi connectivity index (χ4n) is 3.04. The Labute approximate surface area is 154 Å². The van der Waals surface area contributed by atoms with Crippen molar-refractivity contribution in [2.75, 3.05) is 12.4 Å². The van der Waals surface area contributed by atoms with Gasteiger partial charge in [0.25, 0.3) is 0 Å². The summed E-state index contributed by atoms with van der Waals surface area (Å²) >= 11 is 0. The Bertz CT molecular complexity index is 1230. The monoisotopic (exact) mass is 363 g/mol. The number of fused-ring (bicyclic) bond motifs is 3. The molecule has 0 atom stereocenters. The molecule has 136 valence electrons. The third-order valence-electron chi connectivity index (χ3n) is 4.22. The Morgan fingerprint density at radius 2 is 2.00 bits per heavy atom. The first-order valence-electron chi connectivity index (χ1n) is 8.35. The van der Waals surface area contributed by atoms with E-state index in [2.05, 4.69) is 15.4 Å². The molecule has 1 N–H and O–H groups in total. The fourth-order valence-corrected chi connectivity index (χ4v) is 3.04. The molecule has 2 aromatic heterocycles. The van der Waals surface area contributed by atoms with Crippen molar-refractivity contribution >= 4 is 28.1 Å². The van der Waals surface area contributed by atoms with Crippen molar-refractivity contribution < 1.29 is 9.53 Å². The van der Waals surface area contributed by atoms with E-state index in [1.54, 1.807) is 44.4 Å². The molecule has 0 aliphatic heterocycles. The summed E-state index contributed by atoms with van der Waals surface area (Å²) in [6.45, 7) is 1.58. The molecule has 0 radical (unpaired) electrons. The average molecular weight is 363 g/mol. The summed E-state index contributed by atoms with van der Waals surface area (Å²) in [5, 5.41) is 7.70.